The Hall–Kier alpha value is -1.83. The van der Waals surface area contributed by atoms with Crippen molar-refractivity contribution in [2.75, 3.05) is 13.1 Å². The van der Waals surface area contributed by atoms with Gasteiger partial charge in [-0.05, 0) is 18.6 Å². The molecular formula is C12H13F3N2O3. The molecular weight excluding hydrogens is 277 g/mol. The summed E-state index contributed by atoms with van der Waals surface area (Å²) in [5.74, 6) is -0.682. The maximum absolute atomic E-state index is 12.4. The Morgan fingerprint density at radius 2 is 2.05 bits per heavy atom. The molecule has 0 bridgehead atoms. The molecule has 2 N–H and O–H groups in total. The monoisotopic (exact) mass is 290 g/mol. The summed E-state index contributed by atoms with van der Waals surface area (Å²) in [4.78, 5) is 26.3. The molecule has 1 saturated heterocycles. The molecule has 1 aromatic rings. The summed E-state index contributed by atoms with van der Waals surface area (Å²) in [6.07, 6.45) is -4.21. The van der Waals surface area contributed by atoms with Gasteiger partial charge >= 0.3 is 6.18 Å². The molecule has 20 heavy (non-hydrogen) atoms. The number of likely N-dealkylation sites (tertiary alicyclic amines) is 1. The third-order valence-electron chi connectivity index (χ3n) is 3.36. The largest absolute Gasteiger partial charge is 0.431 e. The van der Waals surface area contributed by atoms with Crippen LogP contribution < -0.4 is 5.56 Å². The van der Waals surface area contributed by atoms with Gasteiger partial charge in [0.2, 0.25) is 0 Å². The van der Waals surface area contributed by atoms with Crippen LogP contribution in [-0.2, 0) is 6.18 Å². The van der Waals surface area contributed by atoms with Crippen molar-refractivity contribution in [1.82, 2.24) is 9.88 Å². The summed E-state index contributed by atoms with van der Waals surface area (Å²) in [7, 11) is 0. The molecule has 1 aromatic heterocycles. The molecule has 0 spiro atoms. The maximum Gasteiger partial charge on any atom is 0.431 e. The Balaban J connectivity index is 2.19. The van der Waals surface area contributed by atoms with Crippen LogP contribution in [0.25, 0.3) is 0 Å². The first-order valence-electron chi connectivity index (χ1n) is 5.98. The highest BCUT2D eigenvalue weighted by molar-refractivity contribution is 5.94. The number of β-amino-alcohol motifs (C(OH)–C–C–N with tert-alkyl or cyclic N) is 1. The first-order valence-corrected chi connectivity index (χ1v) is 5.98. The summed E-state index contributed by atoms with van der Waals surface area (Å²) in [6.45, 7) is 1.90. The van der Waals surface area contributed by atoms with Gasteiger partial charge in [-0.15, -0.1) is 0 Å². The summed E-state index contributed by atoms with van der Waals surface area (Å²) in [6, 6.07) is 1.51. The minimum Gasteiger partial charge on any atom is -0.386 e. The Kier molecular flexibility index (Phi) is 3.37. The first kappa shape index (κ1) is 14.6. The number of pyridine rings is 1. The fraction of sp³-hybridized carbons (Fsp3) is 0.500. The van der Waals surface area contributed by atoms with E-state index < -0.39 is 28.9 Å². The molecule has 1 amide bonds. The molecule has 0 aliphatic carbocycles. The van der Waals surface area contributed by atoms with Crippen molar-refractivity contribution in [3.8, 4) is 0 Å². The number of alkyl halides is 3. The minimum absolute atomic E-state index is 0.0722. The van der Waals surface area contributed by atoms with Crippen molar-refractivity contribution in [2.24, 2.45) is 0 Å². The highest BCUT2D eigenvalue weighted by Crippen LogP contribution is 2.27. The van der Waals surface area contributed by atoms with Gasteiger partial charge in [0, 0.05) is 0 Å². The number of nitrogens with one attached hydrogen (secondary N) is 1. The lowest BCUT2D eigenvalue weighted by atomic mass is 9.91. The molecule has 2 heterocycles. The number of halogens is 3. The van der Waals surface area contributed by atoms with Crippen molar-refractivity contribution in [1.29, 1.82) is 0 Å². The number of amides is 1. The molecule has 0 aromatic carbocycles. The van der Waals surface area contributed by atoms with Crippen molar-refractivity contribution in [3.63, 3.8) is 0 Å². The highest BCUT2D eigenvalue weighted by atomic mass is 19.4. The Bertz CT molecular complexity index is 588. The fourth-order valence-electron chi connectivity index (χ4n) is 2.01. The number of hydrogen-bond acceptors (Lipinski definition) is 3. The summed E-state index contributed by atoms with van der Waals surface area (Å²) in [5.41, 5.74) is -3.62. The van der Waals surface area contributed by atoms with Gasteiger partial charge in [0.1, 0.15) is 11.3 Å². The molecule has 8 heteroatoms. The predicted molar refractivity (Wildman–Crippen MR) is 63.2 cm³/mol. The number of nitrogens with zero attached hydrogens (tertiary/aromatic N) is 1. The Morgan fingerprint density at radius 3 is 2.50 bits per heavy atom. The van der Waals surface area contributed by atoms with E-state index in [0.717, 1.165) is 6.07 Å². The number of H-pyrrole nitrogens is 1. The second kappa shape index (κ2) is 4.62. The highest BCUT2D eigenvalue weighted by Gasteiger charge is 2.43. The summed E-state index contributed by atoms with van der Waals surface area (Å²) in [5, 5.41) is 9.78. The number of hydrogen-bond donors (Lipinski definition) is 2. The van der Waals surface area contributed by atoms with Gasteiger partial charge in [-0.3, -0.25) is 9.59 Å². The van der Waals surface area contributed by atoms with E-state index in [4.69, 9.17) is 0 Å². The molecule has 1 fully saturated rings. The quantitative estimate of drug-likeness (QED) is 0.853. The van der Waals surface area contributed by atoms with Crippen LogP contribution in [0.1, 0.15) is 29.4 Å². The SMILES string of the molecule is CCC1(O)CN(C(=O)c2ccc(C(F)(F)F)[nH]c2=O)C1. The lowest BCUT2D eigenvalue weighted by Gasteiger charge is -2.45. The van der Waals surface area contributed by atoms with Crippen LogP contribution in [0.5, 0.6) is 0 Å². The average molecular weight is 290 g/mol. The van der Waals surface area contributed by atoms with Crippen LogP contribution in [0.3, 0.4) is 0 Å². The molecule has 0 radical (unpaired) electrons. The number of aliphatic hydroxyl groups is 1. The third kappa shape index (κ3) is 2.55. The Labute approximate surface area is 112 Å². The van der Waals surface area contributed by atoms with E-state index in [1.807, 2.05) is 0 Å². The lowest BCUT2D eigenvalue weighted by molar-refractivity contribution is -0.141. The van der Waals surface area contributed by atoms with Crippen LogP contribution in [0.15, 0.2) is 16.9 Å². The molecule has 5 nitrogen and oxygen atoms in total. The second-order valence-corrected chi connectivity index (χ2v) is 4.85. The zero-order chi connectivity index (χ0) is 15.1. The van der Waals surface area contributed by atoms with Crippen LogP contribution in [0.2, 0.25) is 0 Å². The smallest absolute Gasteiger partial charge is 0.386 e. The zero-order valence-corrected chi connectivity index (χ0v) is 10.6. The van der Waals surface area contributed by atoms with Gasteiger partial charge in [0.05, 0.1) is 18.7 Å². The van der Waals surface area contributed by atoms with Gasteiger partial charge in [0.15, 0.2) is 0 Å². The van der Waals surface area contributed by atoms with Gasteiger partial charge < -0.3 is 15.0 Å². The van der Waals surface area contributed by atoms with E-state index in [-0.39, 0.29) is 18.7 Å². The van der Waals surface area contributed by atoms with Crippen LogP contribution >= 0.6 is 0 Å². The summed E-state index contributed by atoms with van der Waals surface area (Å²) < 4.78 is 37.2. The average Bonchev–Trinajstić information content (AvgIpc) is 2.33. The molecule has 2 rings (SSSR count). The van der Waals surface area contributed by atoms with Gasteiger partial charge in [-0.1, -0.05) is 6.92 Å². The second-order valence-electron chi connectivity index (χ2n) is 4.85. The molecule has 0 unspecified atom stereocenters. The van der Waals surface area contributed by atoms with E-state index in [2.05, 4.69) is 0 Å². The number of carbonyl (C=O) groups is 1. The molecule has 110 valence electrons. The van der Waals surface area contributed by atoms with Gasteiger partial charge in [-0.25, -0.2) is 0 Å². The molecule has 1 aliphatic heterocycles. The third-order valence-corrected chi connectivity index (χ3v) is 3.36. The van der Waals surface area contributed by atoms with Crippen LogP contribution in [0.4, 0.5) is 13.2 Å². The maximum atomic E-state index is 12.4. The van der Waals surface area contributed by atoms with Crippen molar-refractivity contribution in [2.45, 2.75) is 25.1 Å². The van der Waals surface area contributed by atoms with Crippen LogP contribution in [-0.4, -0.2) is 39.6 Å². The van der Waals surface area contributed by atoms with Crippen LogP contribution in [0, 0.1) is 0 Å². The zero-order valence-electron chi connectivity index (χ0n) is 10.6. The molecule has 0 saturated carbocycles. The van der Waals surface area contributed by atoms with Crippen molar-refractivity contribution in [3.05, 3.63) is 33.7 Å². The predicted octanol–water partition coefficient (Wildman–Crippen LogP) is 0.991. The molecule has 1 aliphatic rings. The van der Waals surface area contributed by atoms with Crippen molar-refractivity contribution < 1.29 is 23.1 Å². The topological polar surface area (TPSA) is 73.4 Å². The van der Waals surface area contributed by atoms with Crippen molar-refractivity contribution >= 4 is 5.91 Å². The van der Waals surface area contributed by atoms with E-state index >= 15 is 0 Å². The molecule has 0 atom stereocenters. The summed E-state index contributed by atoms with van der Waals surface area (Å²) >= 11 is 0. The number of rotatable bonds is 2. The van der Waals surface area contributed by atoms with E-state index in [1.54, 1.807) is 11.9 Å². The minimum atomic E-state index is -4.67. The van der Waals surface area contributed by atoms with E-state index in [9.17, 15) is 27.9 Å². The number of carbonyl (C=O) groups excluding carboxylic acids is 1. The van der Waals surface area contributed by atoms with Gasteiger partial charge in [0.25, 0.3) is 11.5 Å². The van der Waals surface area contributed by atoms with E-state index in [1.165, 1.54) is 4.90 Å². The Morgan fingerprint density at radius 1 is 1.45 bits per heavy atom. The van der Waals surface area contributed by atoms with E-state index in [0.29, 0.717) is 12.5 Å². The van der Waals surface area contributed by atoms with Gasteiger partial charge in [-0.2, -0.15) is 13.2 Å². The fourth-order valence-corrected chi connectivity index (χ4v) is 2.01. The number of aromatic nitrogens is 1. The lowest BCUT2D eigenvalue weighted by Crippen LogP contribution is -2.63. The normalized spacial score (nSPS) is 17.8. The standard InChI is InChI=1S/C12H13F3N2O3/c1-2-11(20)5-17(6-11)10(19)7-3-4-8(12(13,14)15)16-9(7)18/h3-4,20H,2,5-6H2,1H3,(H,16,18). The number of aromatic amines is 1. The first-order chi connectivity index (χ1) is 9.16.